The van der Waals surface area contributed by atoms with Crippen molar-refractivity contribution < 1.29 is 9.94 Å². The highest BCUT2D eigenvalue weighted by molar-refractivity contribution is 4.85. The van der Waals surface area contributed by atoms with E-state index in [0.717, 1.165) is 17.9 Å². The van der Waals surface area contributed by atoms with E-state index in [2.05, 4.69) is 0 Å². The third-order valence-electron chi connectivity index (χ3n) is 2.29. The minimum atomic E-state index is -0.237. The van der Waals surface area contributed by atoms with Gasteiger partial charge in [-0.3, -0.25) is 0 Å². The first-order valence-corrected chi connectivity index (χ1v) is 4.55. The minimum Gasteiger partial charge on any atom is -0.358 e. The van der Waals surface area contributed by atoms with Crippen molar-refractivity contribution in [1.29, 1.82) is 0 Å². The molecule has 71 valence electrons. The summed E-state index contributed by atoms with van der Waals surface area (Å²) >= 11 is 0. The molecule has 0 bridgehead atoms. The molecule has 12 heavy (non-hydrogen) atoms. The van der Waals surface area contributed by atoms with E-state index in [1.54, 1.807) is 0 Å². The second-order valence-corrected chi connectivity index (χ2v) is 4.32. The van der Waals surface area contributed by atoms with Crippen molar-refractivity contribution >= 4 is 0 Å². The van der Waals surface area contributed by atoms with Gasteiger partial charge in [-0.15, -0.1) is 10.3 Å². The predicted molar refractivity (Wildman–Crippen MR) is 45.8 cm³/mol. The molecule has 1 saturated heterocycles. The maximum Gasteiger partial charge on any atom is 0.137 e. The summed E-state index contributed by atoms with van der Waals surface area (Å²) in [6.45, 7) is 7.84. The van der Waals surface area contributed by atoms with Crippen molar-refractivity contribution in [2.45, 2.75) is 58.4 Å². The summed E-state index contributed by atoms with van der Waals surface area (Å²) < 4.78 is 5.47. The number of ether oxygens (including phenoxy) is 1. The van der Waals surface area contributed by atoms with Crippen LogP contribution in [0.2, 0.25) is 0 Å². The maximum atomic E-state index is 11.6. The Kier molecular flexibility index (Phi) is 2.76. The Hall–Kier alpha value is -0.120. The number of hydroxylamine groups is 2. The Bertz CT molecular complexity index is 157. The molecule has 0 aromatic rings. The monoisotopic (exact) mass is 172 g/mol. The highest BCUT2D eigenvalue weighted by atomic mass is 16.6. The molecule has 3 nitrogen and oxygen atoms in total. The molecular weight excluding hydrogens is 154 g/mol. The first kappa shape index (κ1) is 9.96. The Labute approximate surface area is 74.3 Å². The maximum absolute atomic E-state index is 11.6. The van der Waals surface area contributed by atoms with E-state index in [9.17, 15) is 5.21 Å². The first-order valence-electron chi connectivity index (χ1n) is 4.55. The lowest BCUT2D eigenvalue weighted by molar-refractivity contribution is -0.282. The Morgan fingerprint density at radius 2 is 2.08 bits per heavy atom. The largest absolute Gasteiger partial charge is 0.358 e. The highest BCUT2D eigenvalue weighted by Crippen LogP contribution is 2.32. The van der Waals surface area contributed by atoms with Crippen LogP contribution in [0.5, 0.6) is 0 Å². The fourth-order valence-corrected chi connectivity index (χ4v) is 1.53. The summed E-state index contributed by atoms with van der Waals surface area (Å²) in [6, 6.07) is 0. The molecule has 0 amide bonds. The van der Waals surface area contributed by atoms with Crippen molar-refractivity contribution in [3.63, 3.8) is 0 Å². The normalized spacial score (nSPS) is 30.0. The average molecular weight is 172 g/mol. The SMILES string of the molecule is CC(C)OC1CCC(C)(C)N1[O]. The lowest BCUT2D eigenvalue weighted by Crippen LogP contribution is -2.40. The zero-order valence-electron chi connectivity index (χ0n) is 8.33. The minimum absolute atomic E-state index is 0.139. The van der Waals surface area contributed by atoms with Gasteiger partial charge in [-0.25, -0.2) is 0 Å². The standard InChI is InChI=1S/C9H18NO2/c1-7(2)12-8-5-6-9(3,4)10(8)11/h7-8H,5-6H2,1-4H3. The van der Waals surface area contributed by atoms with E-state index in [1.165, 1.54) is 0 Å². The Balaban J connectivity index is 2.50. The first-order chi connectivity index (χ1) is 5.43. The van der Waals surface area contributed by atoms with E-state index in [4.69, 9.17) is 4.74 Å². The van der Waals surface area contributed by atoms with Crippen molar-refractivity contribution in [1.82, 2.24) is 5.06 Å². The fourth-order valence-electron chi connectivity index (χ4n) is 1.53. The second-order valence-electron chi connectivity index (χ2n) is 4.32. The zero-order chi connectivity index (χ0) is 9.35. The van der Waals surface area contributed by atoms with Gasteiger partial charge in [0.25, 0.3) is 0 Å². The molecule has 1 rings (SSSR count). The summed E-state index contributed by atoms with van der Waals surface area (Å²) in [6.07, 6.45) is 1.70. The predicted octanol–water partition coefficient (Wildman–Crippen LogP) is 1.96. The van der Waals surface area contributed by atoms with Crippen molar-refractivity contribution in [2.75, 3.05) is 0 Å². The van der Waals surface area contributed by atoms with Crippen LogP contribution in [0.4, 0.5) is 0 Å². The molecule has 3 heteroatoms. The van der Waals surface area contributed by atoms with Crippen LogP contribution in [0.1, 0.15) is 40.5 Å². The molecule has 0 spiro atoms. The highest BCUT2D eigenvalue weighted by Gasteiger charge is 2.40. The van der Waals surface area contributed by atoms with Gasteiger partial charge in [0.05, 0.1) is 6.10 Å². The van der Waals surface area contributed by atoms with Gasteiger partial charge in [0.15, 0.2) is 0 Å². The summed E-state index contributed by atoms with van der Waals surface area (Å²) in [4.78, 5) is 0. The van der Waals surface area contributed by atoms with E-state index >= 15 is 0 Å². The molecule has 1 atom stereocenters. The van der Waals surface area contributed by atoms with Crippen molar-refractivity contribution in [3.8, 4) is 0 Å². The second kappa shape index (κ2) is 3.32. The number of nitrogens with zero attached hydrogens (tertiary/aromatic N) is 1. The smallest absolute Gasteiger partial charge is 0.137 e. The topological polar surface area (TPSA) is 32.4 Å². The van der Waals surface area contributed by atoms with Crippen LogP contribution in [0.3, 0.4) is 0 Å². The van der Waals surface area contributed by atoms with Crippen LogP contribution in [-0.2, 0) is 9.94 Å². The van der Waals surface area contributed by atoms with Gasteiger partial charge >= 0.3 is 0 Å². The third kappa shape index (κ3) is 1.97. The quantitative estimate of drug-likeness (QED) is 0.637. The van der Waals surface area contributed by atoms with Crippen LogP contribution in [-0.4, -0.2) is 22.9 Å². The van der Waals surface area contributed by atoms with E-state index < -0.39 is 0 Å². The molecule has 0 aromatic heterocycles. The molecule has 0 aliphatic carbocycles. The van der Waals surface area contributed by atoms with Gasteiger partial charge in [-0.2, -0.15) is 0 Å². The average Bonchev–Trinajstić information content (AvgIpc) is 2.15. The van der Waals surface area contributed by atoms with Crippen LogP contribution in [0, 0.1) is 0 Å². The van der Waals surface area contributed by atoms with E-state index in [1.807, 2.05) is 27.7 Å². The molecule has 0 saturated carbocycles. The van der Waals surface area contributed by atoms with E-state index in [-0.39, 0.29) is 17.9 Å². The van der Waals surface area contributed by atoms with Gasteiger partial charge in [-0.05, 0) is 40.5 Å². The summed E-state index contributed by atoms with van der Waals surface area (Å²) in [5.41, 5.74) is -0.237. The molecule has 1 aliphatic rings. The van der Waals surface area contributed by atoms with Crippen molar-refractivity contribution in [3.05, 3.63) is 0 Å². The fraction of sp³-hybridized carbons (Fsp3) is 1.00. The Morgan fingerprint density at radius 3 is 2.42 bits per heavy atom. The number of hydrogen-bond acceptors (Lipinski definition) is 2. The van der Waals surface area contributed by atoms with Crippen LogP contribution in [0.15, 0.2) is 0 Å². The van der Waals surface area contributed by atoms with Gasteiger partial charge in [-0.1, -0.05) is 0 Å². The van der Waals surface area contributed by atoms with E-state index in [0.29, 0.717) is 0 Å². The van der Waals surface area contributed by atoms with Gasteiger partial charge in [0, 0.05) is 5.54 Å². The van der Waals surface area contributed by atoms with Gasteiger partial charge < -0.3 is 4.74 Å². The molecule has 1 radical (unpaired) electrons. The molecule has 1 heterocycles. The van der Waals surface area contributed by atoms with Gasteiger partial charge in [0.1, 0.15) is 6.23 Å². The molecule has 0 aromatic carbocycles. The van der Waals surface area contributed by atoms with Crippen LogP contribution < -0.4 is 0 Å². The molecule has 1 fully saturated rings. The van der Waals surface area contributed by atoms with Crippen LogP contribution in [0.25, 0.3) is 0 Å². The lowest BCUT2D eigenvalue weighted by Gasteiger charge is -2.27. The van der Waals surface area contributed by atoms with Crippen molar-refractivity contribution in [2.24, 2.45) is 0 Å². The molecule has 0 N–H and O–H groups in total. The van der Waals surface area contributed by atoms with Gasteiger partial charge in [0.2, 0.25) is 0 Å². The molecule has 1 unspecified atom stereocenters. The Morgan fingerprint density at radius 1 is 1.50 bits per heavy atom. The summed E-state index contributed by atoms with van der Waals surface area (Å²) in [5, 5.41) is 12.6. The zero-order valence-corrected chi connectivity index (χ0v) is 8.33. The number of rotatable bonds is 2. The van der Waals surface area contributed by atoms with Crippen LogP contribution >= 0.6 is 0 Å². The number of hydrogen-bond donors (Lipinski definition) is 0. The summed E-state index contributed by atoms with van der Waals surface area (Å²) in [7, 11) is 0. The third-order valence-corrected chi connectivity index (χ3v) is 2.29. The molecular formula is C9H18NO2. The summed E-state index contributed by atoms with van der Waals surface area (Å²) in [5.74, 6) is 0. The lowest BCUT2D eigenvalue weighted by atomic mass is 10.0. The molecule has 1 aliphatic heterocycles.